The molecular weight excluding hydrogens is 361 g/mol. The van der Waals surface area contributed by atoms with Crippen molar-refractivity contribution in [2.45, 2.75) is 6.10 Å². The Morgan fingerprint density at radius 2 is 1.78 bits per heavy atom. The van der Waals surface area contributed by atoms with Crippen molar-refractivity contribution in [1.82, 2.24) is 0 Å². The molecule has 0 fully saturated rings. The average molecular weight is 374 g/mol. The molecule has 2 aromatic carbocycles. The van der Waals surface area contributed by atoms with Gasteiger partial charge < -0.3 is 10.4 Å². The van der Waals surface area contributed by atoms with E-state index in [1.54, 1.807) is 12.1 Å². The van der Waals surface area contributed by atoms with Crippen molar-refractivity contribution < 1.29 is 5.11 Å². The quantitative estimate of drug-likeness (QED) is 0.791. The van der Waals surface area contributed by atoms with Crippen LogP contribution in [0.4, 0.5) is 5.69 Å². The molecule has 0 saturated heterocycles. The lowest BCUT2D eigenvalue weighted by Crippen LogP contribution is -2.12. The minimum atomic E-state index is -0.543. The highest BCUT2D eigenvalue weighted by molar-refractivity contribution is 14.1. The van der Waals surface area contributed by atoms with Crippen molar-refractivity contribution in [1.29, 1.82) is 0 Å². The fourth-order valence-corrected chi connectivity index (χ4v) is 2.32. The highest BCUT2D eigenvalue weighted by atomic mass is 127. The third-order valence-corrected chi connectivity index (χ3v) is 3.81. The summed E-state index contributed by atoms with van der Waals surface area (Å²) in [6, 6.07) is 15.2. The molecule has 18 heavy (non-hydrogen) atoms. The Hall–Kier alpha value is -0.780. The van der Waals surface area contributed by atoms with Gasteiger partial charge in [-0.25, -0.2) is 0 Å². The minimum Gasteiger partial charge on any atom is -0.387 e. The van der Waals surface area contributed by atoms with Gasteiger partial charge in [-0.2, -0.15) is 0 Å². The van der Waals surface area contributed by atoms with Crippen LogP contribution >= 0.6 is 34.2 Å². The summed E-state index contributed by atoms with van der Waals surface area (Å²) in [7, 11) is 0. The predicted octanol–water partition coefficient (Wildman–Crippen LogP) is 4.09. The van der Waals surface area contributed by atoms with E-state index >= 15 is 0 Å². The zero-order valence-electron chi connectivity index (χ0n) is 9.61. The predicted molar refractivity (Wildman–Crippen MR) is 84.1 cm³/mol. The third-order valence-electron chi connectivity index (χ3n) is 2.61. The molecule has 2 aromatic rings. The second-order valence-corrected chi connectivity index (χ2v) is 5.53. The molecule has 0 aliphatic heterocycles. The third kappa shape index (κ3) is 3.60. The highest BCUT2D eigenvalue weighted by Crippen LogP contribution is 2.20. The largest absolute Gasteiger partial charge is 0.387 e. The second-order valence-electron chi connectivity index (χ2n) is 3.93. The molecule has 1 unspecified atom stereocenters. The Bertz CT molecular complexity index is 515. The number of nitrogens with one attached hydrogen (secondary N) is 1. The molecule has 1 atom stereocenters. The first kappa shape index (κ1) is 13.6. The number of aliphatic hydroxyl groups excluding tert-OH is 1. The van der Waals surface area contributed by atoms with Crippen molar-refractivity contribution in [3.8, 4) is 0 Å². The molecule has 2 N–H and O–H groups in total. The molecule has 2 rings (SSSR count). The topological polar surface area (TPSA) is 32.3 Å². The number of para-hydroxylation sites is 1. The molecule has 0 aliphatic carbocycles. The highest BCUT2D eigenvalue weighted by Gasteiger charge is 2.07. The summed E-state index contributed by atoms with van der Waals surface area (Å²) < 4.78 is 1.14. The van der Waals surface area contributed by atoms with Gasteiger partial charge in [-0.1, -0.05) is 35.9 Å². The molecule has 0 bridgehead atoms. The summed E-state index contributed by atoms with van der Waals surface area (Å²) in [4.78, 5) is 0. The Labute approximate surface area is 125 Å². The van der Waals surface area contributed by atoms with Gasteiger partial charge >= 0.3 is 0 Å². The average Bonchev–Trinajstić information content (AvgIpc) is 2.38. The number of rotatable bonds is 4. The van der Waals surface area contributed by atoms with E-state index in [-0.39, 0.29) is 0 Å². The van der Waals surface area contributed by atoms with Gasteiger partial charge in [0, 0.05) is 20.8 Å². The van der Waals surface area contributed by atoms with Crippen LogP contribution < -0.4 is 5.32 Å². The van der Waals surface area contributed by atoms with Crippen molar-refractivity contribution in [3.63, 3.8) is 0 Å². The summed E-state index contributed by atoms with van der Waals surface area (Å²) in [5.41, 5.74) is 1.89. The fourth-order valence-electron chi connectivity index (χ4n) is 1.61. The summed E-state index contributed by atoms with van der Waals surface area (Å²) >= 11 is 8.08. The number of hydrogen-bond donors (Lipinski definition) is 2. The van der Waals surface area contributed by atoms with Gasteiger partial charge in [-0.3, -0.25) is 0 Å². The van der Waals surface area contributed by atoms with Crippen LogP contribution in [0.1, 0.15) is 11.7 Å². The smallest absolute Gasteiger partial charge is 0.0962 e. The Balaban J connectivity index is 1.98. The molecule has 0 heterocycles. The molecule has 0 amide bonds. The van der Waals surface area contributed by atoms with Gasteiger partial charge in [-0.05, 0) is 52.4 Å². The first-order valence-electron chi connectivity index (χ1n) is 5.59. The Kier molecular flexibility index (Phi) is 4.86. The lowest BCUT2D eigenvalue weighted by atomic mass is 10.1. The number of halogens is 2. The van der Waals surface area contributed by atoms with Gasteiger partial charge in [0.2, 0.25) is 0 Å². The summed E-state index contributed by atoms with van der Waals surface area (Å²) in [5, 5.41) is 14.0. The first-order valence-corrected chi connectivity index (χ1v) is 7.04. The Morgan fingerprint density at radius 1 is 1.11 bits per heavy atom. The van der Waals surface area contributed by atoms with E-state index in [4.69, 9.17) is 11.6 Å². The van der Waals surface area contributed by atoms with Crippen LogP contribution in [-0.4, -0.2) is 11.7 Å². The van der Waals surface area contributed by atoms with Crippen LogP contribution in [0.5, 0.6) is 0 Å². The van der Waals surface area contributed by atoms with Crippen molar-refractivity contribution >= 4 is 39.9 Å². The standard InChI is InChI=1S/C14H13ClINO/c15-11-7-5-10(6-8-11)14(18)9-17-13-4-2-1-3-12(13)16/h1-8,14,17-18H,9H2. The van der Waals surface area contributed by atoms with E-state index in [1.165, 1.54) is 0 Å². The van der Waals surface area contributed by atoms with E-state index < -0.39 is 6.10 Å². The number of aliphatic hydroxyl groups is 1. The van der Waals surface area contributed by atoms with Crippen LogP contribution in [0.3, 0.4) is 0 Å². The van der Waals surface area contributed by atoms with E-state index in [9.17, 15) is 5.11 Å². The zero-order chi connectivity index (χ0) is 13.0. The molecule has 0 radical (unpaired) electrons. The van der Waals surface area contributed by atoms with E-state index in [2.05, 4.69) is 27.9 Å². The molecule has 0 aromatic heterocycles. The summed E-state index contributed by atoms with van der Waals surface area (Å²) in [6.07, 6.45) is -0.543. The van der Waals surface area contributed by atoms with Crippen LogP contribution in [0.25, 0.3) is 0 Å². The van der Waals surface area contributed by atoms with Crippen molar-refractivity contribution in [2.75, 3.05) is 11.9 Å². The molecule has 94 valence electrons. The van der Waals surface area contributed by atoms with E-state index in [0.29, 0.717) is 11.6 Å². The first-order chi connectivity index (χ1) is 8.66. The lowest BCUT2D eigenvalue weighted by molar-refractivity contribution is 0.191. The summed E-state index contributed by atoms with van der Waals surface area (Å²) in [5.74, 6) is 0. The zero-order valence-corrected chi connectivity index (χ0v) is 12.5. The van der Waals surface area contributed by atoms with Gasteiger partial charge in [0.1, 0.15) is 0 Å². The minimum absolute atomic E-state index is 0.474. The molecule has 2 nitrogen and oxygen atoms in total. The number of benzene rings is 2. The molecule has 0 aliphatic rings. The maximum absolute atomic E-state index is 10.1. The van der Waals surface area contributed by atoms with E-state index in [1.807, 2.05) is 36.4 Å². The van der Waals surface area contributed by atoms with Crippen LogP contribution in [-0.2, 0) is 0 Å². The Morgan fingerprint density at radius 3 is 2.44 bits per heavy atom. The molecule has 4 heteroatoms. The van der Waals surface area contributed by atoms with Crippen LogP contribution in [0, 0.1) is 3.57 Å². The van der Waals surface area contributed by atoms with Gasteiger partial charge in [0.25, 0.3) is 0 Å². The maximum Gasteiger partial charge on any atom is 0.0962 e. The van der Waals surface area contributed by atoms with Gasteiger partial charge in [0.15, 0.2) is 0 Å². The second kappa shape index (κ2) is 6.41. The van der Waals surface area contributed by atoms with Crippen molar-refractivity contribution in [2.24, 2.45) is 0 Å². The maximum atomic E-state index is 10.1. The molecule has 0 spiro atoms. The molecule has 0 saturated carbocycles. The van der Waals surface area contributed by atoms with Gasteiger partial charge in [0.05, 0.1) is 6.10 Å². The normalized spacial score (nSPS) is 12.2. The SMILES string of the molecule is OC(CNc1ccccc1I)c1ccc(Cl)cc1. The molecular formula is C14H13ClINO. The number of anilines is 1. The van der Waals surface area contributed by atoms with Gasteiger partial charge in [-0.15, -0.1) is 0 Å². The van der Waals surface area contributed by atoms with E-state index in [0.717, 1.165) is 14.8 Å². The monoisotopic (exact) mass is 373 g/mol. The summed E-state index contributed by atoms with van der Waals surface area (Å²) in [6.45, 7) is 0.474. The lowest BCUT2D eigenvalue weighted by Gasteiger charge is -2.14. The number of hydrogen-bond acceptors (Lipinski definition) is 2. The van der Waals surface area contributed by atoms with Crippen LogP contribution in [0.15, 0.2) is 48.5 Å². The van der Waals surface area contributed by atoms with Crippen LogP contribution in [0.2, 0.25) is 5.02 Å². The fraction of sp³-hybridized carbons (Fsp3) is 0.143. The van der Waals surface area contributed by atoms with Crippen molar-refractivity contribution in [3.05, 3.63) is 62.7 Å².